The second-order valence-electron chi connectivity index (χ2n) is 6.67. The molecule has 150 valence electrons. The van der Waals surface area contributed by atoms with E-state index in [1.807, 2.05) is 36.5 Å². The van der Waals surface area contributed by atoms with E-state index in [0.29, 0.717) is 19.7 Å². The van der Waals surface area contributed by atoms with E-state index in [2.05, 4.69) is 44.6 Å². The number of guanidine groups is 1. The lowest BCUT2D eigenvalue weighted by molar-refractivity contribution is 0.0529. The summed E-state index contributed by atoms with van der Waals surface area (Å²) in [5, 5.41) is 6.55. The number of hydrogen-bond acceptors (Lipinski definition) is 5. The van der Waals surface area contributed by atoms with Crippen molar-refractivity contribution in [2.45, 2.75) is 19.6 Å². The normalized spacial score (nSPS) is 17.3. The first-order valence-corrected chi connectivity index (χ1v) is 9.68. The zero-order valence-corrected chi connectivity index (χ0v) is 16.6. The van der Waals surface area contributed by atoms with E-state index >= 15 is 0 Å². The first-order valence-electron chi connectivity index (χ1n) is 9.68. The van der Waals surface area contributed by atoms with Crippen LogP contribution in [0.5, 0.6) is 5.75 Å². The lowest BCUT2D eigenvalue weighted by atomic mass is 10.2. The summed E-state index contributed by atoms with van der Waals surface area (Å²) in [5.74, 6) is 2.61. The summed E-state index contributed by atoms with van der Waals surface area (Å²) >= 11 is 0. The highest BCUT2D eigenvalue weighted by atomic mass is 16.5. The minimum atomic E-state index is 0.247. The van der Waals surface area contributed by atoms with Crippen molar-refractivity contribution in [3.8, 4) is 5.75 Å². The largest absolute Gasteiger partial charge is 0.492 e. The lowest BCUT2D eigenvalue weighted by Crippen LogP contribution is -2.41. The molecule has 1 unspecified atom stereocenters. The third kappa shape index (κ3) is 6.13. The van der Waals surface area contributed by atoms with E-state index in [9.17, 15) is 0 Å². The maximum atomic E-state index is 5.67. The number of benzene rings is 1. The van der Waals surface area contributed by atoms with Crippen LogP contribution in [-0.4, -0.2) is 56.9 Å². The highest BCUT2D eigenvalue weighted by Crippen LogP contribution is 2.15. The molecule has 0 aliphatic carbocycles. The first kappa shape index (κ1) is 19.9. The fraction of sp³-hybridized carbons (Fsp3) is 0.429. The molecule has 0 saturated carbocycles. The lowest BCUT2D eigenvalue weighted by Gasteiger charge is -2.32. The van der Waals surface area contributed by atoms with Crippen molar-refractivity contribution in [1.82, 2.24) is 15.6 Å². The highest BCUT2D eigenvalue weighted by molar-refractivity contribution is 5.79. The first-order chi connectivity index (χ1) is 13.7. The number of morpholine rings is 1. The van der Waals surface area contributed by atoms with Crippen LogP contribution >= 0.6 is 0 Å². The van der Waals surface area contributed by atoms with Gasteiger partial charge in [-0.3, -0.25) is 4.99 Å². The van der Waals surface area contributed by atoms with Gasteiger partial charge in [-0.25, -0.2) is 4.98 Å². The Hall–Kier alpha value is -2.80. The molecule has 1 aliphatic heterocycles. The summed E-state index contributed by atoms with van der Waals surface area (Å²) in [5.41, 5.74) is 1.11. The quantitative estimate of drug-likeness (QED) is 0.433. The predicted molar refractivity (Wildman–Crippen MR) is 112 cm³/mol. The molecular formula is C21H29N5O2. The van der Waals surface area contributed by atoms with Crippen molar-refractivity contribution in [3.63, 3.8) is 0 Å². The zero-order chi connectivity index (χ0) is 19.6. The summed E-state index contributed by atoms with van der Waals surface area (Å²) < 4.78 is 11.3. The smallest absolute Gasteiger partial charge is 0.191 e. The van der Waals surface area contributed by atoms with Gasteiger partial charge in [-0.05, 0) is 30.7 Å². The third-order valence-corrected chi connectivity index (χ3v) is 4.46. The number of nitrogens with one attached hydrogen (secondary N) is 2. The second kappa shape index (κ2) is 10.5. The zero-order valence-electron chi connectivity index (χ0n) is 16.6. The summed E-state index contributed by atoms with van der Waals surface area (Å²) in [6.07, 6.45) is 2.16. The number of rotatable bonds is 7. The van der Waals surface area contributed by atoms with Crippen LogP contribution in [0.4, 0.5) is 5.82 Å². The van der Waals surface area contributed by atoms with Crippen LogP contribution in [0.25, 0.3) is 0 Å². The number of ether oxygens (including phenoxy) is 2. The van der Waals surface area contributed by atoms with Crippen LogP contribution in [-0.2, 0) is 11.3 Å². The van der Waals surface area contributed by atoms with E-state index in [4.69, 9.17) is 9.47 Å². The molecule has 7 nitrogen and oxygen atoms in total. The summed E-state index contributed by atoms with van der Waals surface area (Å²) in [6, 6.07) is 14.0. The number of aliphatic imine (C=N–C) groups is 1. The van der Waals surface area contributed by atoms with Gasteiger partial charge in [0.05, 0.1) is 19.3 Å². The van der Waals surface area contributed by atoms with Gasteiger partial charge < -0.3 is 25.0 Å². The van der Waals surface area contributed by atoms with Crippen LogP contribution in [0.15, 0.2) is 53.7 Å². The third-order valence-electron chi connectivity index (χ3n) is 4.46. The average Bonchev–Trinajstić information content (AvgIpc) is 2.74. The monoisotopic (exact) mass is 383 g/mol. The van der Waals surface area contributed by atoms with E-state index in [1.165, 1.54) is 0 Å². The van der Waals surface area contributed by atoms with Gasteiger partial charge in [-0.2, -0.15) is 0 Å². The maximum Gasteiger partial charge on any atom is 0.191 e. The molecule has 1 fully saturated rings. The Morgan fingerprint density at radius 2 is 2.11 bits per heavy atom. The number of aromatic nitrogens is 1. The van der Waals surface area contributed by atoms with Gasteiger partial charge in [0.2, 0.25) is 0 Å². The molecule has 2 heterocycles. The molecule has 0 radical (unpaired) electrons. The van der Waals surface area contributed by atoms with Crippen LogP contribution in [0.3, 0.4) is 0 Å². The molecule has 3 rings (SSSR count). The number of para-hydroxylation sites is 1. The Labute approximate surface area is 166 Å². The topological polar surface area (TPSA) is 71.0 Å². The van der Waals surface area contributed by atoms with E-state index in [1.54, 1.807) is 7.05 Å². The average molecular weight is 383 g/mol. The molecule has 0 bridgehead atoms. The van der Waals surface area contributed by atoms with E-state index in [-0.39, 0.29) is 6.10 Å². The predicted octanol–water partition coefficient (Wildman–Crippen LogP) is 2.05. The van der Waals surface area contributed by atoms with Crippen molar-refractivity contribution >= 4 is 11.8 Å². The van der Waals surface area contributed by atoms with Crippen molar-refractivity contribution in [3.05, 3.63) is 54.2 Å². The summed E-state index contributed by atoms with van der Waals surface area (Å²) in [4.78, 5) is 11.1. The van der Waals surface area contributed by atoms with Crippen LogP contribution in [0.1, 0.15) is 12.5 Å². The van der Waals surface area contributed by atoms with Gasteiger partial charge in [0.1, 0.15) is 18.2 Å². The minimum Gasteiger partial charge on any atom is -0.492 e. The summed E-state index contributed by atoms with van der Waals surface area (Å²) in [6.45, 7) is 6.50. The van der Waals surface area contributed by atoms with Gasteiger partial charge in [0.25, 0.3) is 0 Å². The van der Waals surface area contributed by atoms with Crippen LogP contribution in [0.2, 0.25) is 0 Å². The fourth-order valence-corrected chi connectivity index (χ4v) is 3.00. The molecular weight excluding hydrogens is 354 g/mol. The number of anilines is 1. The Balaban J connectivity index is 1.39. The van der Waals surface area contributed by atoms with E-state index < -0.39 is 0 Å². The van der Waals surface area contributed by atoms with Crippen molar-refractivity contribution in [1.29, 1.82) is 0 Å². The molecule has 28 heavy (non-hydrogen) atoms. The van der Waals surface area contributed by atoms with Gasteiger partial charge in [-0.15, -0.1) is 0 Å². The van der Waals surface area contributed by atoms with Gasteiger partial charge >= 0.3 is 0 Å². The molecule has 1 aliphatic rings. The van der Waals surface area contributed by atoms with Gasteiger partial charge in [-0.1, -0.05) is 24.3 Å². The second-order valence-corrected chi connectivity index (χ2v) is 6.67. The maximum absolute atomic E-state index is 5.67. The Morgan fingerprint density at radius 3 is 2.82 bits per heavy atom. The Morgan fingerprint density at radius 1 is 1.25 bits per heavy atom. The molecule has 1 aromatic carbocycles. The molecule has 0 spiro atoms. The van der Waals surface area contributed by atoms with Crippen molar-refractivity contribution in [2.75, 3.05) is 44.8 Å². The highest BCUT2D eigenvalue weighted by Gasteiger charge is 2.17. The Kier molecular flexibility index (Phi) is 7.49. The van der Waals surface area contributed by atoms with Crippen LogP contribution < -0.4 is 20.3 Å². The Bertz CT molecular complexity index is 736. The summed E-state index contributed by atoms with van der Waals surface area (Å²) in [7, 11) is 1.76. The fourth-order valence-electron chi connectivity index (χ4n) is 3.00. The number of pyridine rings is 1. The molecule has 7 heteroatoms. The molecule has 0 amide bonds. The number of hydrogen-bond donors (Lipinski definition) is 2. The minimum absolute atomic E-state index is 0.247. The molecule has 2 aromatic rings. The number of nitrogens with zero attached hydrogens (tertiary/aromatic N) is 3. The molecule has 1 saturated heterocycles. The standard InChI is InChI=1S/C21H29N5O2/c1-17-16-26(11-13-27-17)20-9-8-18(14-24-20)15-25-21(22-2)23-10-12-28-19-6-4-3-5-7-19/h3-9,14,17H,10-13,15-16H2,1-2H3,(H2,22,23,25). The molecule has 1 atom stereocenters. The van der Waals surface area contributed by atoms with Crippen molar-refractivity contribution in [2.24, 2.45) is 4.99 Å². The van der Waals surface area contributed by atoms with Crippen LogP contribution in [0, 0.1) is 0 Å². The van der Waals surface area contributed by atoms with E-state index in [0.717, 1.165) is 42.8 Å². The molecule has 2 N–H and O–H groups in total. The van der Waals surface area contributed by atoms with Gasteiger partial charge in [0, 0.05) is 32.9 Å². The van der Waals surface area contributed by atoms with Gasteiger partial charge in [0.15, 0.2) is 5.96 Å². The SMILES string of the molecule is CN=C(NCCOc1ccccc1)NCc1ccc(N2CCOC(C)C2)nc1. The molecule has 1 aromatic heterocycles. The van der Waals surface area contributed by atoms with Crippen molar-refractivity contribution < 1.29 is 9.47 Å².